The van der Waals surface area contributed by atoms with Gasteiger partial charge in [0.1, 0.15) is 11.6 Å². The van der Waals surface area contributed by atoms with Gasteiger partial charge in [-0.1, -0.05) is 32.0 Å². The summed E-state index contributed by atoms with van der Waals surface area (Å²) in [6.45, 7) is 7.82. The minimum absolute atomic E-state index is 0.0414. The molecule has 2 aromatic rings. The highest BCUT2D eigenvalue weighted by molar-refractivity contribution is 5.87. The average Bonchev–Trinajstić information content (AvgIpc) is 2.53. The third-order valence-electron chi connectivity index (χ3n) is 3.84. The third-order valence-corrected chi connectivity index (χ3v) is 3.84. The number of aromatic nitrogens is 1. The molecule has 0 amide bonds. The third kappa shape index (κ3) is 3.38. The quantitative estimate of drug-likeness (QED) is 0.875. The van der Waals surface area contributed by atoms with Crippen molar-refractivity contribution in [3.8, 4) is 11.9 Å². The van der Waals surface area contributed by atoms with E-state index in [1.807, 2.05) is 51.1 Å². The Bertz CT molecular complexity index is 887. The molecule has 0 saturated heterocycles. The maximum atomic E-state index is 12.4. The molecular formula is C19H21N3O2. The van der Waals surface area contributed by atoms with Crippen molar-refractivity contribution in [3.05, 3.63) is 56.9 Å². The van der Waals surface area contributed by atoms with Gasteiger partial charge in [-0.15, -0.1) is 0 Å². The van der Waals surface area contributed by atoms with Gasteiger partial charge in [0.05, 0.1) is 11.3 Å². The Balaban J connectivity index is 2.64. The van der Waals surface area contributed by atoms with E-state index in [2.05, 4.69) is 4.99 Å². The number of para-hydroxylation sites is 1. The first-order valence-electron chi connectivity index (χ1n) is 7.83. The number of aryl methyl sites for hydroxylation is 1. The van der Waals surface area contributed by atoms with Crippen LogP contribution in [0.15, 0.2) is 34.1 Å². The highest BCUT2D eigenvalue weighted by Crippen LogP contribution is 2.23. The fraction of sp³-hybridized carbons (Fsp3) is 0.316. The summed E-state index contributed by atoms with van der Waals surface area (Å²) < 4.78 is 1.25. The molecule has 1 N–H and O–H groups in total. The van der Waals surface area contributed by atoms with Crippen LogP contribution < -0.4 is 5.56 Å². The van der Waals surface area contributed by atoms with Gasteiger partial charge in [-0.2, -0.15) is 5.26 Å². The van der Waals surface area contributed by atoms with Gasteiger partial charge in [-0.3, -0.25) is 14.4 Å². The molecule has 0 aliphatic carbocycles. The first kappa shape index (κ1) is 17.5. The van der Waals surface area contributed by atoms with Gasteiger partial charge in [0.15, 0.2) is 0 Å². The molecule has 1 heterocycles. The van der Waals surface area contributed by atoms with Crippen molar-refractivity contribution < 1.29 is 5.11 Å². The zero-order valence-electron chi connectivity index (χ0n) is 14.4. The molecule has 0 fully saturated rings. The summed E-state index contributed by atoms with van der Waals surface area (Å²) in [4.78, 5) is 16.8. The number of hydrogen-bond acceptors (Lipinski definition) is 4. The molecule has 124 valence electrons. The number of pyridine rings is 1. The number of benzene rings is 1. The molecule has 5 heteroatoms. The Morgan fingerprint density at radius 1 is 1.33 bits per heavy atom. The Morgan fingerprint density at radius 2 is 2.00 bits per heavy atom. The Morgan fingerprint density at radius 3 is 2.58 bits per heavy atom. The standard InChI is InChI=1S/C19H21N3O2/c1-12(2)11-22-18(23)15(9-20)14(4)16(19(22)24)10-21-17-8-6-5-7-13(17)3/h5-8,10,12,24H,11H2,1-4H3. The minimum Gasteiger partial charge on any atom is -0.494 e. The van der Waals surface area contributed by atoms with Gasteiger partial charge in [0.2, 0.25) is 5.88 Å². The molecule has 2 rings (SSSR count). The Labute approximate surface area is 141 Å². The lowest BCUT2D eigenvalue weighted by Gasteiger charge is -2.15. The van der Waals surface area contributed by atoms with Crippen molar-refractivity contribution >= 4 is 11.9 Å². The van der Waals surface area contributed by atoms with Crippen LogP contribution in [0.4, 0.5) is 5.69 Å². The number of hydrogen-bond donors (Lipinski definition) is 1. The van der Waals surface area contributed by atoms with E-state index in [-0.39, 0.29) is 17.4 Å². The predicted molar refractivity (Wildman–Crippen MR) is 95.1 cm³/mol. The molecular weight excluding hydrogens is 302 g/mol. The van der Waals surface area contributed by atoms with Crippen LogP contribution in [0, 0.1) is 31.1 Å². The lowest BCUT2D eigenvalue weighted by Crippen LogP contribution is -2.27. The Hall–Kier alpha value is -2.87. The maximum absolute atomic E-state index is 12.4. The van der Waals surface area contributed by atoms with E-state index < -0.39 is 5.56 Å². The van der Waals surface area contributed by atoms with Crippen LogP contribution in [0.2, 0.25) is 0 Å². The molecule has 0 radical (unpaired) electrons. The van der Waals surface area contributed by atoms with Crippen LogP contribution in [0.5, 0.6) is 5.88 Å². The van der Waals surface area contributed by atoms with E-state index in [0.717, 1.165) is 11.3 Å². The van der Waals surface area contributed by atoms with Crippen molar-refractivity contribution in [1.29, 1.82) is 5.26 Å². The first-order valence-corrected chi connectivity index (χ1v) is 7.83. The molecule has 0 spiro atoms. The molecule has 0 bridgehead atoms. The summed E-state index contributed by atoms with van der Waals surface area (Å²) in [7, 11) is 0. The molecule has 0 unspecified atom stereocenters. The van der Waals surface area contributed by atoms with Crippen molar-refractivity contribution in [1.82, 2.24) is 4.57 Å². The Kier molecular flexibility index (Phi) is 5.20. The van der Waals surface area contributed by atoms with Gasteiger partial charge in [0.25, 0.3) is 5.56 Å². The van der Waals surface area contributed by atoms with Crippen molar-refractivity contribution in [3.63, 3.8) is 0 Å². The van der Waals surface area contributed by atoms with E-state index in [4.69, 9.17) is 0 Å². The zero-order valence-corrected chi connectivity index (χ0v) is 14.4. The highest BCUT2D eigenvalue weighted by Gasteiger charge is 2.18. The topological polar surface area (TPSA) is 78.4 Å². The molecule has 5 nitrogen and oxygen atoms in total. The second kappa shape index (κ2) is 7.14. The fourth-order valence-electron chi connectivity index (χ4n) is 2.50. The summed E-state index contributed by atoms with van der Waals surface area (Å²) in [6, 6.07) is 9.57. The number of rotatable bonds is 4. The first-order chi connectivity index (χ1) is 11.4. The van der Waals surface area contributed by atoms with Crippen LogP contribution in [-0.4, -0.2) is 15.9 Å². The lowest BCUT2D eigenvalue weighted by atomic mass is 10.1. The molecule has 0 aliphatic heterocycles. The predicted octanol–water partition coefficient (Wildman–Crippen LogP) is 3.45. The summed E-state index contributed by atoms with van der Waals surface area (Å²) in [5.41, 5.74) is 2.19. The second-order valence-electron chi connectivity index (χ2n) is 6.20. The average molecular weight is 323 g/mol. The fourth-order valence-corrected chi connectivity index (χ4v) is 2.50. The molecule has 0 atom stereocenters. The van der Waals surface area contributed by atoms with Gasteiger partial charge in [-0.05, 0) is 37.0 Å². The molecule has 1 aromatic heterocycles. The number of nitriles is 1. The SMILES string of the molecule is Cc1ccccc1N=Cc1c(C)c(C#N)c(=O)n(CC(C)C)c1O. The highest BCUT2D eigenvalue weighted by atomic mass is 16.3. The van der Waals surface area contributed by atoms with Crippen LogP contribution in [0.1, 0.15) is 36.1 Å². The summed E-state index contributed by atoms with van der Waals surface area (Å²) in [5.74, 6) is 0.00606. The van der Waals surface area contributed by atoms with E-state index in [9.17, 15) is 15.2 Å². The van der Waals surface area contributed by atoms with Gasteiger partial charge in [-0.25, -0.2) is 0 Å². The molecule has 0 saturated carbocycles. The van der Waals surface area contributed by atoms with Crippen molar-refractivity contribution in [2.45, 2.75) is 34.2 Å². The van der Waals surface area contributed by atoms with Crippen LogP contribution in [0.25, 0.3) is 0 Å². The monoisotopic (exact) mass is 323 g/mol. The van der Waals surface area contributed by atoms with Crippen LogP contribution in [0.3, 0.4) is 0 Å². The van der Waals surface area contributed by atoms with Crippen LogP contribution in [-0.2, 0) is 6.54 Å². The molecule has 24 heavy (non-hydrogen) atoms. The van der Waals surface area contributed by atoms with E-state index in [1.54, 1.807) is 6.92 Å². The summed E-state index contributed by atoms with van der Waals surface area (Å²) >= 11 is 0. The summed E-state index contributed by atoms with van der Waals surface area (Å²) in [5, 5.41) is 19.8. The smallest absolute Gasteiger partial charge is 0.271 e. The normalized spacial score (nSPS) is 11.2. The zero-order chi connectivity index (χ0) is 17.9. The van der Waals surface area contributed by atoms with E-state index >= 15 is 0 Å². The van der Waals surface area contributed by atoms with E-state index in [1.165, 1.54) is 10.8 Å². The maximum Gasteiger partial charge on any atom is 0.271 e. The van der Waals surface area contributed by atoms with Gasteiger partial charge < -0.3 is 5.11 Å². The molecule has 1 aromatic carbocycles. The number of aliphatic imine (C=N–C) groups is 1. The molecule has 0 aliphatic rings. The lowest BCUT2D eigenvalue weighted by molar-refractivity contribution is 0.381. The summed E-state index contributed by atoms with van der Waals surface area (Å²) in [6.07, 6.45) is 1.52. The largest absolute Gasteiger partial charge is 0.494 e. The van der Waals surface area contributed by atoms with Crippen molar-refractivity contribution in [2.75, 3.05) is 0 Å². The van der Waals surface area contributed by atoms with Gasteiger partial charge in [0, 0.05) is 12.8 Å². The van der Waals surface area contributed by atoms with E-state index in [0.29, 0.717) is 17.7 Å². The van der Waals surface area contributed by atoms with Crippen molar-refractivity contribution in [2.24, 2.45) is 10.9 Å². The number of nitrogens with zero attached hydrogens (tertiary/aromatic N) is 3. The minimum atomic E-state index is -0.464. The number of aromatic hydroxyl groups is 1. The van der Waals surface area contributed by atoms with Gasteiger partial charge >= 0.3 is 0 Å². The van der Waals surface area contributed by atoms with Crippen LogP contribution >= 0.6 is 0 Å². The second-order valence-corrected chi connectivity index (χ2v) is 6.20.